The summed E-state index contributed by atoms with van der Waals surface area (Å²) in [5.74, 6) is 0.210. The number of amides is 1. The lowest BCUT2D eigenvalue weighted by molar-refractivity contribution is 0.0160. The Bertz CT molecular complexity index is 1080. The van der Waals surface area contributed by atoms with Crippen LogP contribution in [0.3, 0.4) is 0 Å². The molecular formula is C26H35FN4O4. The van der Waals surface area contributed by atoms with Gasteiger partial charge in [0, 0.05) is 24.1 Å². The predicted octanol–water partition coefficient (Wildman–Crippen LogP) is 4.69. The Kier molecular flexibility index (Phi) is 6.76. The second-order valence-electron chi connectivity index (χ2n) is 10.8. The fraction of sp³-hybridized carbons (Fsp3) is 0.577. The van der Waals surface area contributed by atoms with Gasteiger partial charge in [-0.05, 0) is 71.7 Å². The quantitative estimate of drug-likeness (QED) is 0.633. The first kappa shape index (κ1) is 25.3. The molecule has 8 nitrogen and oxygen atoms in total. The van der Waals surface area contributed by atoms with Gasteiger partial charge in [0.05, 0.1) is 17.8 Å². The number of halogens is 1. The molecule has 3 heterocycles. The van der Waals surface area contributed by atoms with E-state index in [4.69, 9.17) is 9.47 Å². The number of aromatic nitrogens is 2. The van der Waals surface area contributed by atoms with Gasteiger partial charge in [-0.3, -0.25) is 4.90 Å². The van der Waals surface area contributed by atoms with Gasteiger partial charge in [-0.15, -0.1) is 0 Å². The number of carbonyl (C=O) groups is 1. The van der Waals surface area contributed by atoms with Gasteiger partial charge in [0.25, 0.3) is 0 Å². The first-order valence-electron chi connectivity index (χ1n) is 12.2. The van der Waals surface area contributed by atoms with Crippen LogP contribution in [-0.2, 0) is 10.3 Å². The standard InChI is InChI=1S/C26H35FN4O4/c1-6-25(5,33)18-13-17(27)7-8-19(18)34-20-14-29-16-30-21(20)22-26(9-11-28-15-26)10-12-31(22)23(32)35-24(2,3)4/h7-8,13-14,16,22,28,33H,6,9-12,15H2,1-5H3. The molecule has 3 atom stereocenters. The molecule has 9 heteroatoms. The number of hydrogen-bond acceptors (Lipinski definition) is 7. The average Bonchev–Trinajstić information content (AvgIpc) is 3.42. The van der Waals surface area contributed by atoms with Crippen molar-refractivity contribution in [2.75, 3.05) is 19.6 Å². The van der Waals surface area contributed by atoms with Crippen molar-refractivity contribution in [3.8, 4) is 11.5 Å². The highest BCUT2D eigenvalue weighted by atomic mass is 19.1. The Morgan fingerprint density at radius 3 is 2.71 bits per heavy atom. The number of aliphatic hydroxyl groups is 1. The molecule has 4 rings (SSSR count). The monoisotopic (exact) mass is 486 g/mol. The summed E-state index contributed by atoms with van der Waals surface area (Å²) < 4.78 is 26.1. The van der Waals surface area contributed by atoms with E-state index in [0.29, 0.717) is 35.7 Å². The van der Waals surface area contributed by atoms with Crippen molar-refractivity contribution in [1.29, 1.82) is 0 Å². The maximum Gasteiger partial charge on any atom is 0.410 e. The lowest BCUT2D eigenvalue weighted by Crippen LogP contribution is -2.40. The van der Waals surface area contributed by atoms with E-state index in [1.165, 1.54) is 24.5 Å². The van der Waals surface area contributed by atoms with E-state index < -0.39 is 23.1 Å². The number of benzene rings is 1. The van der Waals surface area contributed by atoms with Crippen molar-refractivity contribution >= 4 is 6.09 Å². The molecule has 3 unspecified atom stereocenters. The SMILES string of the molecule is CCC(C)(O)c1cc(F)ccc1Oc1cncnc1C1N(C(=O)OC(C)(C)C)CCC12CCNC2. The number of rotatable bonds is 5. The van der Waals surface area contributed by atoms with Crippen LogP contribution in [0.4, 0.5) is 9.18 Å². The lowest BCUT2D eigenvalue weighted by atomic mass is 9.78. The fourth-order valence-electron chi connectivity index (χ4n) is 5.04. The molecule has 1 aromatic heterocycles. The third-order valence-corrected chi connectivity index (χ3v) is 7.04. The number of ether oxygens (including phenoxy) is 2. The minimum absolute atomic E-state index is 0.218. The number of nitrogens with one attached hydrogen (secondary N) is 1. The summed E-state index contributed by atoms with van der Waals surface area (Å²) in [4.78, 5) is 23.7. The van der Waals surface area contributed by atoms with Gasteiger partial charge < -0.3 is 19.9 Å². The van der Waals surface area contributed by atoms with E-state index in [0.717, 1.165) is 25.9 Å². The molecule has 190 valence electrons. The molecule has 0 saturated carbocycles. The first-order chi connectivity index (χ1) is 16.5. The molecule has 35 heavy (non-hydrogen) atoms. The molecule has 0 radical (unpaired) electrons. The van der Waals surface area contributed by atoms with Gasteiger partial charge >= 0.3 is 6.09 Å². The van der Waals surface area contributed by atoms with Crippen molar-refractivity contribution < 1.29 is 23.8 Å². The zero-order valence-electron chi connectivity index (χ0n) is 21.1. The highest BCUT2D eigenvalue weighted by Crippen LogP contribution is 2.53. The van der Waals surface area contributed by atoms with E-state index in [9.17, 15) is 14.3 Å². The van der Waals surface area contributed by atoms with Crippen molar-refractivity contribution in [1.82, 2.24) is 20.2 Å². The van der Waals surface area contributed by atoms with E-state index in [-0.39, 0.29) is 11.5 Å². The fourth-order valence-corrected chi connectivity index (χ4v) is 5.04. The highest BCUT2D eigenvalue weighted by molar-refractivity contribution is 5.70. The Labute approximate surface area is 205 Å². The molecule has 2 fully saturated rings. The van der Waals surface area contributed by atoms with Crippen molar-refractivity contribution in [2.45, 2.75) is 71.1 Å². The number of carbonyl (C=O) groups excluding carboxylic acids is 1. The summed E-state index contributed by atoms with van der Waals surface area (Å²) in [6, 6.07) is 3.69. The van der Waals surface area contributed by atoms with Gasteiger partial charge in [0.15, 0.2) is 5.75 Å². The van der Waals surface area contributed by atoms with Gasteiger partial charge in [-0.25, -0.2) is 19.2 Å². The Morgan fingerprint density at radius 2 is 2.06 bits per heavy atom. The number of nitrogens with zero attached hydrogens (tertiary/aromatic N) is 3. The summed E-state index contributed by atoms with van der Waals surface area (Å²) in [6.07, 6.45) is 4.66. The van der Waals surface area contributed by atoms with Crippen molar-refractivity contribution in [2.24, 2.45) is 5.41 Å². The molecule has 2 aliphatic rings. The second-order valence-corrected chi connectivity index (χ2v) is 10.8. The van der Waals surface area contributed by atoms with Crippen molar-refractivity contribution in [3.63, 3.8) is 0 Å². The molecule has 2 saturated heterocycles. The van der Waals surface area contributed by atoms with Gasteiger partial charge in [0.1, 0.15) is 29.2 Å². The van der Waals surface area contributed by atoms with Crippen LogP contribution in [0, 0.1) is 11.2 Å². The summed E-state index contributed by atoms with van der Waals surface area (Å²) in [5, 5.41) is 14.3. The number of hydrogen-bond donors (Lipinski definition) is 2. The third-order valence-electron chi connectivity index (χ3n) is 7.04. The van der Waals surface area contributed by atoms with E-state index >= 15 is 0 Å². The Hall–Kier alpha value is -2.78. The van der Waals surface area contributed by atoms with Crippen LogP contribution < -0.4 is 10.1 Å². The second kappa shape index (κ2) is 9.35. The zero-order valence-corrected chi connectivity index (χ0v) is 21.1. The predicted molar refractivity (Wildman–Crippen MR) is 129 cm³/mol. The lowest BCUT2D eigenvalue weighted by Gasteiger charge is -2.35. The van der Waals surface area contributed by atoms with Crippen LogP contribution in [0.5, 0.6) is 11.5 Å². The molecule has 0 bridgehead atoms. The van der Waals surface area contributed by atoms with Gasteiger partial charge in [-0.1, -0.05) is 6.92 Å². The third kappa shape index (κ3) is 5.11. The molecule has 2 aromatic rings. The molecule has 2 aliphatic heterocycles. The first-order valence-corrected chi connectivity index (χ1v) is 12.2. The molecule has 1 spiro atoms. The van der Waals surface area contributed by atoms with Gasteiger partial charge in [-0.2, -0.15) is 0 Å². The average molecular weight is 487 g/mol. The van der Waals surface area contributed by atoms with Gasteiger partial charge in [0.2, 0.25) is 0 Å². The highest BCUT2D eigenvalue weighted by Gasteiger charge is 2.53. The smallest absolute Gasteiger partial charge is 0.410 e. The maximum absolute atomic E-state index is 14.1. The molecule has 2 N–H and O–H groups in total. The van der Waals surface area contributed by atoms with Crippen LogP contribution in [0.2, 0.25) is 0 Å². The number of likely N-dealkylation sites (tertiary alicyclic amines) is 1. The molecular weight excluding hydrogens is 451 g/mol. The minimum atomic E-state index is -1.29. The molecule has 1 amide bonds. The minimum Gasteiger partial charge on any atom is -0.453 e. The van der Waals surface area contributed by atoms with Crippen LogP contribution in [-0.4, -0.2) is 51.3 Å². The Balaban J connectivity index is 1.76. The van der Waals surface area contributed by atoms with Crippen LogP contribution >= 0.6 is 0 Å². The normalized spacial score (nSPS) is 24.0. The summed E-state index contributed by atoms with van der Waals surface area (Å²) >= 11 is 0. The van der Waals surface area contributed by atoms with Crippen molar-refractivity contribution in [3.05, 3.63) is 47.8 Å². The zero-order chi connectivity index (χ0) is 25.4. The summed E-state index contributed by atoms with van der Waals surface area (Å²) in [5.41, 5.74) is -1.24. The van der Waals surface area contributed by atoms with Crippen LogP contribution in [0.1, 0.15) is 71.2 Å². The van der Waals surface area contributed by atoms with Crippen LogP contribution in [0.15, 0.2) is 30.7 Å². The summed E-state index contributed by atoms with van der Waals surface area (Å²) in [6.45, 7) is 11.1. The summed E-state index contributed by atoms with van der Waals surface area (Å²) in [7, 11) is 0. The molecule has 1 aromatic carbocycles. The van der Waals surface area contributed by atoms with E-state index in [1.807, 2.05) is 27.7 Å². The topological polar surface area (TPSA) is 96.8 Å². The molecule has 0 aliphatic carbocycles. The maximum atomic E-state index is 14.1. The van der Waals surface area contributed by atoms with Crippen LogP contribution in [0.25, 0.3) is 0 Å². The largest absolute Gasteiger partial charge is 0.453 e. The van der Waals surface area contributed by atoms with E-state index in [1.54, 1.807) is 18.0 Å². The van der Waals surface area contributed by atoms with E-state index in [2.05, 4.69) is 15.3 Å². The Morgan fingerprint density at radius 1 is 1.29 bits per heavy atom.